The molecule has 0 aliphatic rings. The zero-order valence-corrected chi connectivity index (χ0v) is 12.5. The number of nitrogens with one attached hydrogen (secondary N) is 1. The fourth-order valence-corrected chi connectivity index (χ4v) is 2.34. The average Bonchev–Trinajstić information content (AvgIpc) is 2.75. The summed E-state index contributed by atoms with van der Waals surface area (Å²) in [5.41, 5.74) is 8.70. The average molecular weight is 289 g/mol. The Morgan fingerprint density at radius 2 is 1.95 bits per heavy atom. The molecule has 0 saturated heterocycles. The number of aromatic nitrogens is 1. The van der Waals surface area contributed by atoms with Crippen LogP contribution in [0.3, 0.4) is 0 Å². The second-order valence-electron chi connectivity index (χ2n) is 5.21. The van der Waals surface area contributed by atoms with Crippen molar-refractivity contribution in [2.45, 2.75) is 26.8 Å². The molecule has 21 heavy (non-hydrogen) atoms. The molecule has 4 nitrogen and oxygen atoms in total. The number of aryl methyl sites for hydroxylation is 1. The number of nitrogens with zero attached hydrogens (tertiary/aromatic N) is 1. The van der Waals surface area contributed by atoms with Gasteiger partial charge in [-0.3, -0.25) is 4.79 Å². The maximum atomic E-state index is 13.0. The van der Waals surface area contributed by atoms with Crippen molar-refractivity contribution in [2.75, 3.05) is 6.54 Å². The normalized spacial score (nSPS) is 12.2. The van der Waals surface area contributed by atoms with Gasteiger partial charge in [0, 0.05) is 29.7 Å². The number of nitrogens with two attached hydrogens (primary N) is 1. The summed E-state index contributed by atoms with van der Waals surface area (Å²) in [4.78, 5) is 12.2. The number of benzene rings is 1. The van der Waals surface area contributed by atoms with Crippen molar-refractivity contribution < 1.29 is 9.18 Å². The minimum atomic E-state index is -0.282. The van der Waals surface area contributed by atoms with E-state index in [-0.39, 0.29) is 17.8 Å². The summed E-state index contributed by atoms with van der Waals surface area (Å²) >= 11 is 0. The van der Waals surface area contributed by atoms with E-state index in [1.54, 1.807) is 12.1 Å². The van der Waals surface area contributed by atoms with Crippen LogP contribution in [-0.2, 0) is 0 Å². The van der Waals surface area contributed by atoms with Gasteiger partial charge in [-0.05, 0) is 51.1 Å². The van der Waals surface area contributed by atoms with E-state index in [9.17, 15) is 9.18 Å². The maximum absolute atomic E-state index is 13.0. The molecule has 2 aromatic rings. The Labute approximate surface area is 123 Å². The molecule has 0 bridgehead atoms. The maximum Gasteiger partial charge on any atom is 0.253 e. The van der Waals surface area contributed by atoms with Crippen molar-refractivity contribution in [3.63, 3.8) is 0 Å². The Bertz CT molecular complexity index is 646. The van der Waals surface area contributed by atoms with Crippen LogP contribution in [0, 0.1) is 19.7 Å². The van der Waals surface area contributed by atoms with Gasteiger partial charge in [0.15, 0.2) is 0 Å². The van der Waals surface area contributed by atoms with Gasteiger partial charge in [-0.25, -0.2) is 4.39 Å². The van der Waals surface area contributed by atoms with Gasteiger partial charge in [-0.1, -0.05) is 0 Å². The van der Waals surface area contributed by atoms with Crippen LogP contribution < -0.4 is 11.1 Å². The molecule has 1 aromatic heterocycles. The number of halogens is 1. The molecule has 0 spiro atoms. The largest absolute Gasteiger partial charge is 0.348 e. The van der Waals surface area contributed by atoms with Gasteiger partial charge < -0.3 is 15.6 Å². The molecule has 112 valence electrons. The van der Waals surface area contributed by atoms with Crippen molar-refractivity contribution in [3.05, 3.63) is 53.1 Å². The highest BCUT2D eigenvalue weighted by atomic mass is 19.1. The van der Waals surface area contributed by atoms with Crippen LogP contribution in [-0.4, -0.2) is 23.1 Å². The second kappa shape index (κ2) is 6.10. The molecule has 0 aliphatic carbocycles. The van der Waals surface area contributed by atoms with E-state index in [4.69, 9.17) is 5.73 Å². The Hall–Kier alpha value is -2.14. The topological polar surface area (TPSA) is 60.1 Å². The zero-order chi connectivity index (χ0) is 15.6. The van der Waals surface area contributed by atoms with Crippen LogP contribution in [0.2, 0.25) is 0 Å². The number of amides is 1. The van der Waals surface area contributed by atoms with Crippen LogP contribution in [0.25, 0.3) is 5.69 Å². The molecule has 0 radical (unpaired) electrons. The van der Waals surface area contributed by atoms with Crippen molar-refractivity contribution in [2.24, 2.45) is 5.73 Å². The molecule has 3 N–H and O–H groups in total. The fourth-order valence-electron chi connectivity index (χ4n) is 2.34. The predicted molar refractivity (Wildman–Crippen MR) is 81.2 cm³/mol. The van der Waals surface area contributed by atoms with Crippen molar-refractivity contribution >= 4 is 5.91 Å². The van der Waals surface area contributed by atoms with Gasteiger partial charge in [-0.15, -0.1) is 0 Å². The molecule has 0 aliphatic heterocycles. The van der Waals surface area contributed by atoms with Crippen LogP contribution >= 0.6 is 0 Å². The lowest BCUT2D eigenvalue weighted by atomic mass is 10.2. The summed E-state index contributed by atoms with van der Waals surface area (Å²) in [6.07, 6.45) is 0. The number of hydrogen-bond acceptors (Lipinski definition) is 2. The monoisotopic (exact) mass is 289 g/mol. The Balaban J connectivity index is 2.38. The van der Waals surface area contributed by atoms with Gasteiger partial charge in [0.1, 0.15) is 5.82 Å². The molecule has 5 heteroatoms. The molecule has 1 atom stereocenters. The summed E-state index contributed by atoms with van der Waals surface area (Å²) in [5, 5.41) is 2.85. The first-order chi connectivity index (χ1) is 9.93. The molecular weight excluding hydrogens is 269 g/mol. The molecule has 0 saturated carbocycles. The van der Waals surface area contributed by atoms with Gasteiger partial charge in [0.2, 0.25) is 0 Å². The minimum Gasteiger partial charge on any atom is -0.348 e. The lowest BCUT2D eigenvalue weighted by molar-refractivity contribution is 0.0940. The van der Waals surface area contributed by atoms with Crippen LogP contribution in [0.5, 0.6) is 0 Å². The highest BCUT2D eigenvalue weighted by Gasteiger charge is 2.17. The van der Waals surface area contributed by atoms with Gasteiger partial charge in [0.25, 0.3) is 5.91 Å². The fraction of sp³-hybridized carbons (Fsp3) is 0.312. The van der Waals surface area contributed by atoms with Crippen LogP contribution in [0.15, 0.2) is 30.3 Å². The van der Waals surface area contributed by atoms with E-state index in [1.807, 2.05) is 31.4 Å². The first-order valence-electron chi connectivity index (χ1n) is 6.90. The highest BCUT2D eigenvalue weighted by Crippen LogP contribution is 2.21. The number of rotatable bonds is 4. The lowest BCUT2D eigenvalue weighted by Crippen LogP contribution is -2.37. The summed E-state index contributed by atoms with van der Waals surface area (Å²) in [5.74, 6) is -0.426. The second-order valence-corrected chi connectivity index (χ2v) is 5.21. The SMILES string of the molecule is Cc1cc(C(=O)N[C@@H](C)CN)c(C)n1-c1ccc(F)cc1. The molecule has 1 heterocycles. The Kier molecular flexibility index (Phi) is 4.43. The van der Waals surface area contributed by atoms with Gasteiger partial charge >= 0.3 is 0 Å². The van der Waals surface area contributed by atoms with E-state index >= 15 is 0 Å². The predicted octanol–water partition coefficient (Wildman–Crippen LogP) is 2.31. The third kappa shape index (κ3) is 3.13. The van der Waals surface area contributed by atoms with Gasteiger partial charge in [0.05, 0.1) is 5.56 Å². The summed E-state index contributed by atoms with van der Waals surface area (Å²) in [6, 6.07) is 7.96. The molecular formula is C16H20FN3O. The molecule has 0 fully saturated rings. The number of hydrogen-bond donors (Lipinski definition) is 2. The van der Waals surface area contributed by atoms with E-state index in [2.05, 4.69) is 5.32 Å². The summed E-state index contributed by atoms with van der Waals surface area (Å²) in [6.45, 7) is 6.04. The first kappa shape index (κ1) is 15.3. The third-order valence-electron chi connectivity index (χ3n) is 3.49. The molecule has 2 rings (SSSR count). The standard InChI is InChI=1S/C16H20FN3O/c1-10(9-18)19-16(21)15-8-11(2)20(12(15)3)14-6-4-13(17)5-7-14/h4-8,10H,9,18H2,1-3H3,(H,19,21)/t10-/m0/s1. The van der Waals surface area contributed by atoms with Crippen LogP contribution in [0.4, 0.5) is 4.39 Å². The molecule has 0 unspecified atom stereocenters. The quantitative estimate of drug-likeness (QED) is 0.907. The third-order valence-corrected chi connectivity index (χ3v) is 3.49. The summed E-state index contributed by atoms with van der Waals surface area (Å²) in [7, 11) is 0. The van der Waals surface area contributed by atoms with E-state index in [1.165, 1.54) is 12.1 Å². The Morgan fingerprint density at radius 1 is 1.33 bits per heavy atom. The smallest absolute Gasteiger partial charge is 0.253 e. The minimum absolute atomic E-state index is 0.0774. The number of carbonyl (C=O) groups is 1. The van der Waals surface area contributed by atoms with Gasteiger partial charge in [-0.2, -0.15) is 0 Å². The first-order valence-corrected chi connectivity index (χ1v) is 6.90. The van der Waals surface area contributed by atoms with E-state index in [0.29, 0.717) is 12.1 Å². The number of carbonyl (C=O) groups excluding carboxylic acids is 1. The van der Waals surface area contributed by atoms with Crippen LogP contribution in [0.1, 0.15) is 28.7 Å². The highest BCUT2D eigenvalue weighted by molar-refractivity contribution is 5.96. The Morgan fingerprint density at radius 3 is 2.52 bits per heavy atom. The zero-order valence-electron chi connectivity index (χ0n) is 12.5. The lowest BCUT2D eigenvalue weighted by Gasteiger charge is -2.12. The molecule has 1 aromatic carbocycles. The molecule has 1 amide bonds. The van der Waals surface area contributed by atoms with Crippen molar-refractivity contribution in [1.82, 2.24) is 9.88 Å². The summed E-state index contributed by atoms with van der Waals surface area (Å²) < 4.78 is 15.0. The van der Waals surface area contributed by atoms with E-state index in [0.717, 1.165) is 17.1 Å². The van der Waals surface area contributed by atoms with Crippen molar-refractivity contribution in [1.29, 1.82) is 0 Å². The van der Waals surface area contributed by atoms with E-state index < -0.39 is 0 Å². The van der Waals surface area contributed by atoms with Crippen molar-refractivity contribution in [3.8, 4) is 5.69 Å².